The van der Waals surface area contributed by atoms with E-state index in [1.54, 1.807) is 7.11 Å². The minimum Gasteiger partial charge on any atom is -0.378 e. The Morgan fingerprint density at radius 3 is 2.47 bits per heavy atom. The highest BCUT2D eigenvalue weighted by Crippen LogP contribution is 2.21. The van der Waals surface area contributed by atoms with Crippen LogP contribution in [0.5, 0.6) is 0 Å². The first kappa shape index (κ1) is 14.1. The molecule has 0 unspecified atom stereocenters. The number of amides is 1. The van der Waals surface area contributed by atoms with Gasteiger partial charge in [-0.05, 0) is 25.8 Å². The van der Waals surface area contributed by atoms with Gasteiger partial charge in [0.2, 0.25) is 0 Å². The van der Waals surface area contributed by atoms with Crippen LogP contribution in [0, 0.1) is 0 Å². The Morgan fingerprint density at radius 1 is 1.37 bits per heavy atom. The van der Waals surface area contributed by atoms with Crippen molar-refractivity contribution in [3.8, 4) is 0 Å². The molecule has 0 N–H and O–H groups in total. The van der Waals surface area contributed by atoms with E-state index in [9.17, 15) is 4.79 Å². The molecule has 106 valence electrons. The highest BCUT2D eigenvalue weighted by atomic mass is 16.5. The minimum atomic E-state index is 0.0569. The monoisotopic (exact) mass is 265 g/mol. The SMILES string of the molecule is COC1CN(C(=O)c2cc(C(C)C)nn2C(C)C)C1. The first-order valence-corrected chi connectivity index (χ1v) is 6.85. The molecule has 2 rings (SSSR count). The molecule has 0 bridgehead atoms. The molecule has 0 aliphatic carbocycles. The molecular formula is C14H23N3O2. The fourth-order valence-corrected chi connectivity index (χ4v) is 2.16. The second-order valence-electron chi connectivity index (χ2n) is 5.72. The number of likely N-dealkylation sites (tertiary alicyclic amines) is 1. The second-order valence-corrected chi connectivity index (χ2v) is 5.72. The van der Waals surface area contributed by atoms with Gasteiger partial charge >= 0.3 is 0 Å². The number of hydrogen-bond donors (Lipinski definition) is 0. The fraction of sp³-hybridized carbons (Fsp3) is 0.714. The summed E-state index contributed by atoms with van der Waals surface area (Å²) in [5.41, 5.74) is 1.66. The van der Waals surface area contributed by atoms with E-state index in [1.807, 2.05) is 29.5 Å². The Morgan fingerprint density at radius 2 is 2.00 bits per heavy atom. The maximum Gasteiger partial charge on any atom is 0.272 e. The quantitative estimate of drug-likeness (QED) is 0.837. The third kappa shape index (κ3) is 2.66. The largest absolute Gasteiger partial charge is 0.378 e. The summed E-state index contributed by atoms with van der Waals surface area (Å²) in [5.74, 6) is 0.385. The normalized spacial score (nSPS) is 16.3. The van der Waals surface area contributed by atoms with Gasteiger partial charge < -0.3 is 9.64 Å². The Labute approximate surface area is 114 Å². The molecule has 1 saturated heterocycles. The molecule has 0 aromatic carbocycles. The van der Waals surface area contributed by atoms with Crippen LogP contribution in [0.1, 0.15) is 55.8 Å². The predicted octanol–water partition coefficient (Wildman–Crippen LogP) is 2.06. The number of aromatic nitrogens is 2. The van der Waals surface area contributed by atoms with Gasteiger partial charge in [-0.15, -0.1) is 0 Å². The van der Waals surface area contributed by atoms with E-state index in [0.717, 1.165) is 5.69 Å². The molecule has 5 nitrogen and oxygen atoms in total. The molecule has 2 heterocycles. The van der Waals surface area contributed by atoms with Crippen LogP contribution < -0.4 is 0 Å². The Bertz CT molecular complexity index is 459. The molecule has 0 atom stereocenters. The molecule has 5 heteroatoms. The minimum absolute atomic E-state index is 0.0569. The van der Waals surface area contributed by atoms with Gasteiger partial charge in [0.05, 0.1) is 11.8 Å². The molecular weight excluding hydrogens is 242 g/mol. The lowest BCUT2D eigenvalue weighted by Crippen LogP contribution is -2.54. The average Bonchev–Trinajstić information content (AvgIpc) is 2.72. The molecule has 1 aliphatic rings. The maximum absolute atomic E-state index is 12.5. The summed E-state index contributed by atoms with van der Waals surface area (Å²) in [6.45, 7) is 9.62. The number of rotatable bonds is 4. The summed E-state index contributed by atoms with van der Waals surface area (Å²) in [6.07, 6.45) is 0.184. The smallest absolute Gasteiger partial charge is 0.272 e. The topological polar surface area (TPSA) is 47.4 Å². The number of hydrogen-bond acceptors (Lipinski definition) is 3. The number of carbonyl (C=O) groups is 1. The summed E-state index contributed by atoms with van der Waals surface area (Å²) in [6, 6.07) is 2.11. The van der Waals surface area contributed by atoms with Crippen molar-refractivity contribution in [2.75, 3.05) is 20.2 Å². The number of nitrogens with zero attached hydrogens (tertiary/aromatic N) is 3. The number of methoxy groups -OCH3 is 1. The van der Waals surface area contributed by atoms with Gasteiger partial charge in [-0.25, -0.2) is 0 Å². The third-order valence-corrected chi connectivity index (χ3v) is 3.52. The number of carbonyl (C=O) groups excluding carboxylic acids is 1. The van der Waals surface area contributed by atoms with Crippen LogP contribution in [-0.4, -0.2) is 46.9 Å². The van der Waals surface area contributed by atoms with Gasteiger partial charge in [0.1, 0.15) is 5.69 Å². The van der Waals surface area contributed by atoms with Crippen molar-refractivity contribution in [2.45, 2.75) is 45.8 Å². The van der Waals surface area contributed by atoms with Crippen LogP contribution in [0.25, 0.3) is 0 Å². The first-order valence-electron chi connectivity index (χ1n) is 6.85. The van der Waals surface area contributed by atoms with Gasteiger partial charge in [-0.2, -0.15) is 5.10 Å². The zero-order chi connectivity index (χ0) is 14.2. The van der Waals surface area contributed by atoms with E-state index in [0.29, 0.717) is 24.7 Å². The molecule has 1 fully saturated rings. The highest BCUT2D eigenvalue weighted by Gasteiger charge is 2.33. The van der Waals surface area contributed by atoms with Crippen molar-refractivity contribution in [3.63, 3.8) is 0 Å². The van der Waals surface area contributed by atoms with Crippen molar-refractivity contribution in [3.05, 3.63) is 17.5 Å². The summed E-state index contributed by atoms with van der Waals surface area (Å²) in [4.78, 5) is 14.3. The first-order chi connectivity index (χ1) is 8.93. The van der Waals surface area contributed by atoms with Crippen LogP contribution in [0.4, 0.5) is 0 Å². The van der Waals surface area contributed by atoms with Gasteiger partial charge in [-0.1, -0.05) is 13.8 Å². The molecule has 19 heavy (non-hydrogen) atoms. The molecule has 1 amide bonds. The van der Waals surface area contributed by atoms with Crippen LogP contribution in [0.3, 0.4) is 0 Å². The lowest BCUT2D eigenvalue weighted by atomic mass is 10.1. The molecule has 1 aliphatic heterocycles. The van der Waals surface area contributed by atoms with Gasteiger partial charge in [-0.3, -0.25) is 9.48 Å². The van der Waals surface area contributed by atoms with Crippen molar-refractivity contribution in [1.82, 2.24) is 14.7 Å². The van der Waals surface area contributed by atoms with Crippen LogP contribution in [0.2, 0.25) is 0 Å². The van der Waals surface area contributed by atoms with E-state index in [-0.39, 0.29) is 18.1 Å². The van der Waals surface area contributed by atoms with Crippen molar-refractivity contribution < 1.29 is 9.53 Å². The Balaban J connectivity index is 2.21. The molecule has 1 aromatic heterocycles. The summed E-state index contributed by atoms with van der Waals surface area (Å²) in [5, 5.41) is 4.55. The molecule has 0 radical (unpaired) electrons. The zero-order valence-corrected chi connectivity index (χ0v) is 12.4. The van der Waals surface area contributed by atoms with Gasteiger partial charge in [0.25, 0.3) is 5.91 Å². The van der Waals surface area contributed by atoms with E-state index >= 15 is 0 Å². The highest BCUT2D eigenvalue weighted by molar-refractivity contribution is 5.93. The number of ether oxygens (including phenoxy) is 1. The third-order valence-electron chi connectivity index (χ3n) is 3.52. The molecule has 0 saturated carbocycles. The van der Waals surface area contributed by atoms with Crippen molar-refractivity contribution in [1.29, 1.82) is 0 Å². The van der Waals surface area contributed by atoms with Crippen molar-refractivity contribution >= 4 is 5.91 Å². The average molecular weight is 265 g/mol. The second kappa shape index (κ2) is 5.33. The van der Waals surface area contributed by atoms with Gasteiger partial charge in [0.15, 0.2) is 0 Å². The van der Waals surface area contributed by atoms with Crippen molar-refractivity contribution in [2.24, 2.45) is 0 Å². The van der Waals surface area contributed by atoms with E-state index in [2.05, 4.69) is 18.9 Å². The fourth-order valence-electron chi connectivity index (χ4n) is 2.16. The summed E-state index contributed by atoms with van der Waals surface area (Å²) in [7, 11) is 1.68. The summed E-state index contributed by atoms with van der Waals surface area (Å²) >= 11 is 0. The van der Waals surface area contributed by atoms with E-state index < -0.39 is 0 Å². The van der Waals surface area contributed by atoms with Crippen LogP contribution in [-0.2, 0) is 4.74 Å². The van der Waals surface area contributed by atoms with E-state index in [4.69, 9.17) is 4.74 Å². The lowest BCUT2D eigenvalue weighted by molar-refractivity contribution is -0.0198. The predicted molar refractivity (Wildman–Crippen MR) is 73.4 cm³/mol. The van der Waals surface area contributed by atoms with E-state index in [1.165, 1.54) is 0 Å². The Kier molecular flexibility index (Phi) is 3.94. The molecule has 1 aromatic rings. The standard InChI is InChI=1S/C14H23N3O2/c1-9(2)12-6-13(17(15-12)10(3)4)14(18)16-7-11(8-16)19-5/h6,9-11H,7-8H2,1-5H3. The maximum atomic E-state index is 12.5. The zero-order valence-electron chi connectivity index (χ0n) is 12.4. The lowest BCUT2D eigenvalue weighted by Gasteiger charge is -2.38. The van der Waals surface area contributed by atoms with Crippen LogP contribution in [0.15, 0.2) is 6.07 Å². The Hall–Kier alpha value is -1.36. The summed E-state index contributed by atoms with van der Waals surface area (Å²) < 4.78 is 7.04. The molecule has 0 spiro atoms. The van der Waals surface area contributed by atoms with Gasteiger partial charge in [0, 0.05) is 26.2 Å². The van der Waals surface area contributed by atoms with Crippen LogP contribution >= 0.6 is 0 Å².